The second kappa shape index (κ2) is 5.10. The van der Waals surface area contributed by atoms with E-state index < -0.39 is 15.8 Å². The van der Waals surface area contributed by atoms with E-state index in [1.54, 1.807) is 0 Å². The molecule has 1 aromatic rings. The predicted octanol–water partition coefficient (Wildman–Crippen LogP) is 1.38. The third-order valence-electron chi connectivity index (χ3n) is 2.91. The van der Waals surface area contributed by atoms with E-state index in [0.29, 0.717) is 12.8 Å². The first-order chi connectivity index (χ1) is 8.88. The summed E-state index contributed by atoms with van der Waals surface area (Å²) in [7, 11) is -3.95. The summed E-state index contributed by atoms with van der Waals surface area (Å²) in [5.74, 6) is -1.31. The van der Waals surface area contributed by atoms with Crippen LogP contribution in [-0.2, 0) is 14.8 Å². The first kappa shape index (κ1) is 13.7. The molecular weight excluding hydrogens is 271 g/mol. The van der Waals surface area contributed by atoms with Crippen molar-refractivity contribution in [3.05, 3.63) is 36.2 Å². The van der Waals surface area contributed by atoms with Gasteiger partial charge in [-0.15, -0.1) is 0 Å². The number of carbonyl (C=O) groups excluding carboxylic acids is 1. The van der Waals surface area contributed by atoms with E-state index in [1.807, 2.05) is 12.2 Å². The molecule has 102 valence electrons. The van der Waals surface area contributed by atoms with Crippen LogP contribution in [0.2, 0.25) is 0 Å². The van der Waals surface area contributed by atoms with E-state index in [4.69, 9.17) is 5.14 Å². The van der Waals surface area contributed by atoms with Crippen molar-refractivity contribution in [2.24, 2.45) is 11.1 Å². The molecule has 1 aromatic carbocycles. The average molecular weight is 284 g/mol. The van der Waals surface area contributed by atoms with E-state index in [0.717, 1.165) is 12.1 Å². The Morgan fingerprint density at radius 2 is 1.95 bits per heavy atom. The van der Waals surface area contributed by atoms with Crippen LogP contribution in [-0.4, -0.2) is 14.3 Å². The molecule has 0 bridgehead atoms. The van der Waals surface area contributed by atoms with Crippen molar-refractivity contribution in [3.8, 4) is 0 Å². The van der Waals surface area contributed by atoms with Gasteiger partial charge >= 0.3 is 0 Å². The zero-order valence-corrected chi connectivity index (χ0v) is 10.8. The highest BCUT2D eigenvalue weighted by molar-refractivity contribution is 7.89. The molecule has 2 rings (SSSR count). The highest BCUT2D eigenvalue weighted by atomic mass is 32.2. The van der Waals surface area contributed by atoms with Crippen LogP contribution in [0.15, 0.2) is 35.2 Å². The maximum Gasteiger partial charge on any atom is 0.238 e. The number of amides is 1. The summed E-state index contributed by atoms with van der Waals surface area (Å²) in [4.78, 5) is 11.5. The Morgan fingerprint density at radius 1 is 1.32 bits per heavy atom. The molecule has 7 heteroatoms. The van der Waals surface area contributed by atoms with E-state index in [2.05, 4.69) is 5.32 Å². The monoisotopic (exact) mass is 284 g/mol. The molecule has 5 nitrogen and oxygen atoms in total. The van der Waals surface area contributed by atoms with Crippen LogP contribution in [0.4, 0.5) is 10.1 Å². The molecule has 19 heavy (non-hydrogen) atoms. The third-order valence-corrected chi connectivity index (χ3v) is 3.82. The van der Waals surface area contributed by atoms with Crippen LogP contribution < -0.4 is 10.5 Å². The van der Waals surface area contributed by atoms with Gasteiger partial charge in [0.1, 0.15) is 5.82 Å². The number of halogens is 1. The number of primary sulfonamides is 1. The summed E-state index contributed by atoms with van der Waals surface area (Å²) in [6.07, 6.45) is 5.04. The lowest BCUT2D eigenvalue weighted by molar-refractivity contribution is -0.119. The number of carbonyl (C=O) groups is 1. The van der Waals surface area contributed by atoms with E-state index in [9.17, 15) is 17.6 Å². The zero-order chi connectivity index (χ0) is 14.0. The van der Waals surface area contributed by atoms with Crippen LogP contribution in [0.25, 0.3) is 0 Å². The lowest BCUT2D eigenvalue weighted by Crippen LogP contribution is -2.21. The molecule has 0 saturated heterocycles. The molecule has 0 aromatic heterocycles. The Morgan fingerprint density at radius 3 is 2.47 bits per heavy atom. The predicted molar refractivity (Wildman–Crippen MR) is 68.3 cm³/mol. The number of benzene rings is 1. The van der Waals surface area contributed by atoms with Gasteiger partial charge in [0.2, 0.25) is 15.9 Å². The van der Waals surface area contributed by atoms with Crippen molar-refractivity contribution in [2.45, 2.75) is 17.7 Å². The highest BCUT2D eigenvalue weighted by Gasteiger charge is 2.20. The molecule has 0 spiro atoms. The van der Waals surface area contributed by atoms with Gasteiger partial charge in [-0.05, 0) is 31.0 Å². The molecule has 0 saturated carbocycles. The van der Waals surface area contributed by atoms with E-state index in [1.165, 1.54) is 6.07 Å². The van der Waals surface area contributed by atoms with Crippen molar-refractivity contribution in [1.82, 2.24) is 0 Å². The summed E-state index contributed by atoms with van der Waals surface area (Å²) in [5, 5.41) is 7.33. The molecular formula is C12H13FN2O3S. The van der Waals surface area contributed by atoms with Gasteiger partial charge in [-0.1, -0.05) is 12.2 Å². The summed E-state index contributed by atoms with van der Waals surface area (Å²) < 4.78 is 35.8. The largest absolute Gasteiger partial charge is 0.323 e. The molecule has 0 aliphatic heterocycles. The molecule has 0 unspecified atom stereocenters. The fraction of sp³-hybridized carbons (Fsp3) is 0.250. The van der Waals surface area contributed by atoms with Crippen LogP contribution in [0.1, 0.15) is 12.8 Å². The van der Waals surface area contributed by atoms with Crippen molar-refractivity contribution in [2.75, 3.05) is 5.32 Å². The normalized spacial score (nSPS) is 15.7. The molecule has 1 aliphatic carbocycles. The van der Waals surface area contributed by atoms with E-state index >= 15 is 0 Å². The number of sulfonamides is 1. The fourth-order valence-electron chi connectivity index (χ4n) is 1.84. The Hall–Kier alpha value is -1.73. The van der Waals surface area contributed by atoms with Gasteiger partial charge in [-0.2, -0.15) is 0 Å². The number of hydrogen-bond acceptors (Lipinski definition) is 3. The molecule has 0 radical (unpaired) electrons. The average Bonchev–Trinajstić information content (AvgIpc) is 2.84. The van der Waals surface area contributed by atoms with Crippen LogP contribution in [0, 0.1) is 11.7 Å². The summed E-state index contributed by atoms with van der Waals surface area (Å²) >= 11 is 0. The second-order valence-corrected chi connectivity index (χ2v) is 5.88. The first-order valence-corrected chi connectivity index (χ1v) is 7.21. The van der Waals surface area contributed by atoms with Gasteiger partial charge in [0.25, 0.3) is 0 Å². The molecule has 0 fully saturated rings. The van der Waals surface area contributed by atoms with Gasteiger partial charge in [0.05, 0.1) is 10.6 Å². The van der Waals surface area contributed by atoms with Crippen LogP contribution >= 0.6 is 0 Å². The SMILES string of the molecule is NS(=O)(=O)c1ccc(NC(=O)C2CC=CC2)c(F)c1. The Kier molecular flexibility index (Phi) is 3.68. The van der Waals surface area contributed by atoms with Gasteiger partial charge < -0.3 is 5.32 Å². The Bertz CT molecular complexity index is 632. The van der Waals surface area contributed by atoms with Crippen LogP contribution in [0.3, 0.4) is 0 Å². The van der Waals surface area contributed by atoms with Crippen molar-refractivity contribution >= 4 is 21.6 Å². The minimum absolute atomic E-state index is 0.0516. The number of rotatable bonds is 3. The van der Waals surface area contributed by atoms with Gasteiger partial charge in [0, 0.05) is 5.92 Å². The highest BCUT2D eigenvalue weighted by Crippen LogP contribution is 2.22. The maximum absolute atomic E-state index is 13.7. The summed E-state index contributed by atoms with van der Waals surface area (Å²) in [6.45, 7) is 0. The molecule has 3 N–H and O–H groups in total. The number of anilines is 1. The molecule has 1 amide bonds. The third kappa shape index (κ3) is 3.18. The van der Waals surface area contributed by atoms with Crippen LogP contribution in [0.5, 0.6) is 0 Å². The van der Waals surface area contributed by atoms with E-state index in [-0.39, 0.29) is 22.4 Å². The Labute approximate surface area is 110 Å². The standard InChI is InChI=1S/C12H13FN2O3S/c13-10-7-9(19(14,17)18)5-6-11(10)15-12(16)8-3-1-2-4-8/h1-2,5-8H,3-4H2,(H,15,16)(H2,14,17,18). The van der Waals surface area contributed by atoms with Crippen molar-refractivity contribution < 1.29 is 17.6 Å². The molecule has 0 heterocycles. The van der Waals surface area contributed by atoms with Crippen molar-refractivity contribution in [3.63, 3.8) is 0 Å². The molecule has 0 atom stereocenters. The lowest BCUT2D eigenvalue weighted by Gasteiger charge is -2.11. The summed E-state index contributed by atoms with van der Waals surface area (Å²) in [6, 6.07) is 3.13. The minimum atomic E-state index is -3.95. The van der Waals surface area contributed by atoms with Gasteiger partial charge in [0.15, 0.2) is 0 Å². The fourth-order valence-corrected chi connectivity index (χ4v) is 2.37. The second-order valence-electron chi connectivity index (χ2n) is 4.32. The number of nitrogens with one attached hydrogen (secondary N) is 1. The van der Waals surface area contributed by atoms with Gasteiger partial charge in [-0.25, -0.2) is 17.9 Å². The minimum Gasteiger partial charge on any atom is -0.323 e. The smallest absolute Gasteiger partial charge is 0.238 e. The molecule has 1 aliphatic rings. The number of hydrogen-bond donors (Lipinski definition) is 2. The lowest BCUT2D eigenvalue weighted by atomic mass is 10.1. The quantitative estimate of drug-likeness (QED) is 0.822. The summed E-state index contributed by atoms with van der Waals surface area (Å²) in [5.41, 5.74) is -0.0516. The number of allylic oxidation sites excluding steroid dienone is 2. The zero-order valence-electron chi connectivity index (χ0n) is 9.97. The van der Waals surface area contributed by atoms with Crippen molar-refractivity contribution in [1.29, 1.82) is 0 Å². The topological polar surface area (TPSA) is 89.3 Å². The maximum atomic E-state index is 13.7. The van der Waals surface area contributed by atoms with Gasteiger partial charge in [-0.3, -0.25) is 4.79 Å². The Balaban J connectivity index is 2.15. The number of nitrogens with two attached hydrogens (primary N) is 1. The first-order valence-electron chi connectivity index (χ1n) is 5.66.